The van der Waals surface area contributed by atoms with Gasteiger partial charge in [0, 0.05) is 24.5 Å². The molecule has 0 N–H and O–H groups in total. The second kappa shape index (κ2) is 5.64. The summed E-state index contributed by atoms with van der Waals surface area (Å²) in [5, 5.41) is 1.18. The molecule has 1 aromatic heterocycles. The van der Waals surface area contributed by atoms with Gasteiger partial charge in [0.15, 0.2) is 0 Å². The summed E-state index contributed by atoms with van der Waals surface area (Å²) in [6, 6.07) is 8.31. The minimum absolute atomic E-state index is 0.199. The van der Waals surface area contributed by atoms with Crippen molar-refractivity contribution in [1.29, 1.82) is 0 Å². The maximum atomic E-state index is 5.83. The number of benzene rings is 1. The first-order valence-electron chi connectivity index (χ1n) is 6.36. The fourth-order valence-corrected chi connectivity index (χ4v) is 2.05. The molecule has 0 saturated carbocycles. The predicted molar refractivity (Wildman–Crippen MR) is 75.8 cm³/mol. The summed E-state index contributed by atoms with van der Waals surface area (Å²) >= 11 is 0. The van der Waals surface area contributed by atoms with Gasteiger partial charge in [-0.2, -0.15) is 0 Å². The molecule has 94 valence electrons. The Morgan fingerprint density at radius 3 is 2.83 bits per heavy atom. The Labute approximate surface area is 109 Å². The molecular formula is C16H19NO. The van der Waals surface area contributed by atoms with E-state index in [9.17, 15) is 0 Å². The minimum atomic E-state index is 0.199. The average Bonchev–Trinajstić information content (AvgIpc) is 2.74. The van der Waals surface area contributed by atoms with Gasteiger partial charge < -0.3 is 9.30 Å². The van der Waals surface area contributed by atoms with Crippen molar-refractivity contribution in [2.45, 2.75) is 39.8 Å². The van der Waals surface area contributed by atoms with E-state index in [2.05, 4.69) is 34.7 Å². The van der Waals surface area contributed by atoms with Crippen molar-refractivity contribution in [3.63, 3.8) is 0 Å². The molecule has 1 heterocycles. The highest BCUT2D eigenvalue weighted by Crippen LogP contribution is 2.27. The minimum Gasteiger partial charge on any atom is -0.490 e. The molecule has 0 saturated heterocycles. The third kappa shape index (κ3) is 2.68. The van der Waals surface area contributed by atoms with Crippen LogP contribution in [-0.2, 0) is 6.54 Å². The van der Waals surface area contributed by atoms with Gasteiger partial charge in [-0.25, -0.2) is 0 Å². The number of rotatable bonds is 4. The highest BCUT2D eigenvalue weighted by Gasteiger charge is 2.07. The zero-order valence-electron chi connectivity index (χ0n) is 11.2. The summed E-state index contributed by atoms with van der Waals surface area (Å²) in [5.41, 5.74) is 1.21. The van der Waals surface area contributed by atoms with Crippen LogP contribution in [-0.4, -0.2) is 10.7 Å². The van der Waals surface area contributed by atoms with Crippen LogP contribution in [0.3, 0.4) is 0 Å². The average molecular weight is 241 g/mol. The van der Waals surface area contributed by atoms with Crippen LogP contribution in [0, 0.1) is 11.8 Å². The Morgan fingerprint density at radius 2 is 2.11 bits per heavy atom. The van der Waals surface area contributed by atoms with Crippen LogP contribution >= 0.6 is 0 Å². The van der Waals surface area contributed by atoms with Gasteiger partial charge >= 0.3 is 0 Å². The van der Waals surface area contributed by atoms with Gasteiger partial charge in [0.25, 0.3) is 0 Å². The standard InChI is InChI=1S/C16H19NO/c1-4-5-6-11-17-12-10-14-15(17)8-7-9-16(14)18-13(2)3/h7-10,12-13H,6,11H2,1-3H3. The highest BCUT2D eigenvalue weighted by atomic mass is 16.5. The van der Waals surface area contributed by atoms with Gasteiger partial charge in [-0.1, -0.05) is 6.07 Å². The van der Waals surface area contributed by atoms with Crippen molar-refractivity contribution in [1.82, 2.24) is 4.57 Å². The van der Waals surface area contributed by atoms with Crippen molar-refractivity contribution >= 4 is 10.9 Å². The lowest BCUT2D eigenvalue weighted by Gasteiger charge is -2.11. The molecule has 0 atom stereocenters. The third-order valence-electron chi connectivity index (χ3n) is 2.79. The van der Waals surface area contributed by atoms with E-state index in [0.717, 1.165) is 18.7 Å². The molecule has 0 spiro atoms. The van der Waals surface area contributed by atoms with Crippen LogP contribution in [0.5, 0.6) is 5.75 Å². The monoisotopic (exact) mass is 241 g/mol. The van der Waals surface area contributed by atoms with E-state index in [1.54, 1.807) is 0 Å². The van der Waals surface area contributed by atoms with E-state index in [1.165, 1.54) is 10.9 Å². The fourth-order valence-electron chi connectivity index (χ4n) is 2.05. The van der Waals surface area contributed by atoms with Crippen LogP contribution < -0.4 is 4.74 Å². The van der Waals surface area contributed by atoms with E-state index in [1.807, 2.05) is 32.9 Å². The second-order valence-corrected chi connectivity index (χ2v) is 4.54. The number of aromatic nitrogens is 1. The summed E-state index contributed by atoms with van der Waals surface area (Å²) in [7, 11) is 0. The van der Waals surface area contributed by atoms with Crippen molar-refractivity contribution < 1.29 is 4.74 Å². The largest absolute Gasteiger partial charge is 0.490 e. The molecule has 2 rings (SSSR count). The molecule has 0 aliphatic rings. The molecular weight excluding hydrogens is 222 g/mol. The van der Waals surface area contributed by atoms with Gasteiger partial charge in [-0.05, 0) is 39.0 Å². The maximum Gasteiger partial charge on any atom is 0.129 e. The number of ether oxygens (including phenoxy) is 1. The van der Waals surface area contributed by atoms with Crippen LogP contribution in [0.4, 0.5) is 0 Å². The van der Waals surface area contributed by atoms with E-state index < -0.39 is 0 Å². The van der Waals surface area contributed by atoms with Crippen molar-refractivity contribution in [2.75, 3.05) is 0 Å². The summed E-state index contributed by atoms with van der Waals surface area (Å²) in [6.07, 6.45) is 3.19. The molecule has 18 heavy (non-hydrogen) atoms. The van der Waals surface area contributed by atoms with E-state index >= 15 is 0 Å². The summed E-state index contributed by atoms with van der Waals surface area (Å²) in [4.78, 5) is 0. The molecule has 2 nitrogen and oxygen atoms in total. The first kappa shape index (κ1) is 12.6. The number of hydrogen-bond acceptors (Lipinski definition) is 1. The number of nitrogens with zero attached hydrogens (tertiary/aromatic N) is 1. The predicted octanol–water partition coefficient (Wildman–Crippen LogP) is 3.84. The first-order chi connectivity index (χ1) is 8.72. The molecule has 0 radical (unpaired) electrons. The molecule has 0 unspecified atom stereocenters. The molecule has 0 bridgehead atoms. The Hall–Kier alpha value is -1.88. The number of aryl methyl sites for hydroxylation is 1. The van der Waals surface area contributed by atoms with E-state index in [4.69, 9.17) is 4.74 Å². The second-order valence-electron chi connectivity index (χ2n) is 4.54. The lowest BCUT2D eigenvalue weighted by atomic mass is 10.2. The van der Waals surface area contributed by atoms with Gasteiger partial charge in [-0.3, -0.25) is 0 Å². The lowest BCUT2D eigenvalue weighted by molar-refractivity contribution is 0.245. The molecule has 0 aliphatic carbocycles. The number of fused-ring (bicyclic) bond motifs is 1. The molecule has 1 aromatic carbocycles. The van der Waals surface area contributed by atoms with Gasteiger partial charge in [0.05, 0.1) is 11.6 Å². The van der Waals surface area contributed by atoms with Gasteiger partial charge in [-0.15, -0.1) is 11.8 Å². The van der Waals surface area contributed by atoms with E-state index in [-0.39, 0.29) is 6.10 Å². The van der Waals surface area contributed by atoms with Crippen LogP contribution in [0.1, 0.15) is 27.2 Å². The zero-order valence-corrected chi connectivity index (χ0v) is 11.2. The summed E-state index contributed by atoms with van der Waals surface area (Å²) in [6.45, 7) is 6.90. The fraction of sp³-hybridized carbons (Fsp3) is 0.375. The Kier molecular flexibility index (Phi) is 3.94. The van der Waals surface area contributed by atoms with Crippen LogP contribution in [0.25, 0.3) is 10.9 Å². The smallest absolute Gasteiger partial charge is 0.129 e. The molecule has 2 heteroatoms. The zero-order chi connectivity index (χ0) is 13.0. The highest BCUT2D eigenvalue weighted by molar-refractivity contribution is 5.86. The van der Waals surface area contributed by atoms with Crippen molar-refractivity contribution in [3.8, 4) is 17.6 Å². The molecule has 0 amide bonds. The normalized spacial score (nSPS) is 10.4. The Balaban J connectivity index is 2.31. The van der Waals surface area contributed by atoms with Crippen molar-refractivity contribution in [2.24, 2.45) is 0 Å². The van der Waals surface area contributed by atoms with Gasteiger partial charge in [0.1, 0.15) is 5.75 Å². The molecule has 0 fully saturated rings. The summed E-state index contributed by atoms with van der Waals surface area (Å²) in [5.74, 6) is 6.98. The third-order valence-corrected chi connectivity index (χ3v) is 2.79. The SMILES string of the molecule is CC#CCCn1ccc2c(OC(C)C)cccc21. The Morgan fingerprint density at radius 1 is 1.28 bits per heavy atom. The lowest BCUT2D eigenvalue weighted by Crippen LogP contribution is -2.05. The van der Waals surface area contributed by atoms with E-state index in [0.29, 0.717) is 0 Å². The van der Waals surface area contributed by atoms with Gasteiger partial charge in [0.2, 0.25) is 0 Å². The number of hydrogen-bond donors (Lipinski definition) is 0. The first-order valence-corrected chi connectivity index (χ1v) is 6.36. The topological polar surface area (TPSA) is 14.2 Å². The molecule has 2 aromatic rings. The summed E-state index contributed by atoms with van der Waals surface area (Å²) < 4.78 is 8.05. The molecule has 0 aliphatic heterocycles. The van der Waals surface area contributed by atoms with Crippen LogP contribution in [0.2, 0.25) is 0 Å². The van der Waals surface area contributed by atoms with Crippen LogP contribution in [0.15, 0.2) is 30.5 Å². The maximum absolute atomic E-state index is 5.83. The quantitative estimate of drug-likeness (QED) is 0.742. The Bertz CT molecular complexity index is 584. The van der Waals surface area contributed by atoms with Crippen molar-refractivity contribution in [3.05, 3.63) is 30.5 Å².